The van der Waals surface area contributed by atoms with E-state index in [4.69, 9.17) is 10.3 Å². The maximum Gasteiger partial charge on any atom is 0.131 e. The molecule has 1 atom stereocenters. The molecule has 4 nitrogen and oxygen atoms in total. The third-order valence-electron chi connectivity index (χ3n) is 1.98. The molecule has 0 aromatic heterocycles. The molecule has 14 heavy (non-hydrogen) atoms. The molecule has 0 N–H and O–H groups in total. The van der Waals surface area contributed by atoms with Crippen molar-refractivity contribution in [3.05, 3.63) is 38.4 Å². The first kappa shape index (κ1) is 9.30. The Morgan fingerprint density at radius 2 is 2.43 bits per heavy atom. The monoisotopic (exact) mass is 257 g/mol. The molecule has 1 aromatic carbocycles. The van der Waals surface area contributed by atoms with Crippen molar-refractivity contribution in [2.45, 2.75) is 6.04 Å². The lowest BCUT2D eigenvalue weighted by molar-refractivity contribution is 0.333. The quantitative estimate of drug-likeness (QED) is 0.433. The summed E-state index contributed by atoms with van der Waals surface area (Å²) in [4.78, 5) is 2.65. The lowest BCUT2D eigenvalue weighted by atomic mass is 10.1. The summed E-state index contributed by atoms with van der Waals surface area (Å²) in [5, 5.41) is 3.46. The van der Waals surface area contributed by atoms with Crippen molar-refractivity contribution in [2.75, 3.05) is 6.61 Å². The van der Waals surface area contributed by atoms with Crippen molar-refractivity contribution < 1.29 is 9.13 Å². The molecule has 1 aromatic rings. The van der Waals surface area contributed by atoms with Crippen LogP contribution in [-0.4, -0.2) is 6.61 Å². The predicted octanol–water partition coefficient (Wildman–Crippen LogP) is 3.33. The number of ether oxygens (including phenoxy) is 1. The number of fused-ring (bicyclic) bond motifs is 1. The van der Waals surface area contributed by atoms with Crippen molar-refractivity contribution in [3.63, 3.8) is 0 Å². The molecule has 0 amide bonds. The van der Waals surface area contributed by atoms with E-state index in [0.717, 1.165) is 0 Å². The number of nitrogens with zero attached hydrogens (tertiary/aromatic N) is 3. The summed E-state index contributed by atoms with van der Waals surface area (Å²) < 4.78 is 19.2. The largest absolute Gasteiger partial charge is 0.492 e. The van der Waals surface area contributed by atoms with E-state index in [1.54, 1.807) is 6.07 Å². The maximum absolute atomic E-state index is 13.4. The van der Waals surface area contributed by atoms with Crippen LogP contribution in [0.4, 0.5) is 4.39 Å². The van der Waals surface area contributed by atoms with E-state index < -0.39 is 11.9 Å². The molecule has 72 valence electrons. The molecule has 0 radical (unpaired) electrons. The third-order valence-corrected chi connectivity index (χ3v) is 2.44. The zero-order chi connectivity index (χ0) is 10.1. The Hall–Kier alpha value is -1.26. The molecule has 1 unspecified atom stereocenters. The Morgan fingerprint density at radius 3 is 3.14 bits per heavy atom. The summed E-state index contributed by atoms with van der Waals surface area (Å²) >= 11 is 3.15. The molecule has 0 bridgehead atoms. The number of hydrogen-bond donors (Lipinski definition) is 0. The Labute approximate surface area is 87.4 Å². The van der Waals surface area contributed by atoms with E-state index in [1.807, 2.05) is 0 Å². The molecule has 0 spiro atoms. The van der Waals surface area contributed by atoms with E-state index in [-0.39, 0.29) is 6.61 Å². The van der Waals surface area contributed by atoms with Gasteiger partial charge in [-0.1, -0.05) is 21.0 Å². The van der Waals surface area contributed by atoms with Crippen LogP contribution in [0.15, 0.2) is 21.7 Å². The third kappa shape index (κ3) is 1.42. The minimum absolute atomic E-state index is 0.201. The van der Waals surface area contributed by atoms with Crippen LogP contribution >= 0.6 is 15.9 Å². The number of halogens is 2. The minimum atomic E-state index is -0.553. The van der Waals surface area contributed by atoms with Crippen molar-refractivity contribution in [3.8, 4) is 5.75 Å². The van der Waals surface area contributed by atoms with E-state index in [0.29, 0.717) is 15.8 Å². The highest BCUT2D eigenvalue weighted by molar-refractivity contribution is 9.10. The van der Waals surface area contributed by atoms with Gasteiger partial charge in [-0.25, -0.2) is 4.39 Å². The fraction of sp³-hybridized carbons (Fsp3) is 0.250. The van der Waals surface area contributed by atoms with Gasteiger partial charge in [0, 0.05) is 14.9 Å². The van der Waals surface area contributed by atoms with E-state index in [2.05, 4.69) is 26.0 Å². The summed E-state index contributed by atoms with van der Waals surface area (Å²) in [6.45, 7) is 0.201. The lowest BCUT2D eigenvalue weighted by Crippen LogP contribution is -1.96. The van der Waals surface area contributed by atoms with Crippen molar-refractivity contribution in [2.24, 2.45) is 5.11 Å². The van der Waals surface area contributed by atoms with Gasteiger partial charge in [-0.3, -0.25) is 0 Å². The normalized spacial score (nSPS) is 18.3. The lowest BCUT2D eigenvalue weighted by Gasteiger charge is -2.02. The second-order valence-corrected chi connectivity index (χ2v) is 3.75. The molecule has 1 aliphatic rings. The topological polar surface area (TPSA) is 58.0 Å². The van der Waals surface area contributed by atoms with Crippen LogP contribution in [-0.2, 0) is 0 Å². The van der Waals surface area contributed by atoms with Gasteiger partial charge in [0.05, 0.1) is 0 Å². The SMILES string of the molecule is [N-]=[N+]=NC1COc2cc(Br)cc(F)c21. The Morgan fingerprint density at radius 1 is 1.64 bits per heavy atom. The van der Waals surface area contributed by atoms with Gasteiger partial charge in [-0.2, -0.15) is 0 Å². The molecule has 0 aliphatic carbocycles. The van der Waals surface area contributed by atoms with E-state index in [1.165, 1.54) is 6.07 Å². The first-order valence-electron chi connectivity index (χ1n) is 3.88. The Balaban J connectivity index is 2.54. The van der Waals surface area contributed by atoms with Gasteiger partial charge in [0.15, 0.2) is 0 Å². The molecule has 1 aliphatic heterocycles. The predicted molar refractivity (Wildman–Crippen MR) is 51.5 cm³/mol. The van der Waals surface area contributed by atoms with Crippen molar-refractivity contribution >= 4 is 15.9 Å². The zero-order valence-corrected chi connectivity index (χ0v) is 8.53. The standard InChI is InChI=1S/C8H5BrFN3O/c9-4-1-5(10)8-6(12-13-11)3-14-7(8)2-4/h1-2,6H,3H2. The average molecular weight is 258 g/mol. The van der Waals surface area contributed by atoms with Gasteiger partial charge in [0.2, 0.25) is 0 Å². The molecule has 6 heteroatoms. The summed E-state index contributed by atoms with van der Waals surface area (Å²) in [6, 6.07) is 2.43. The first-order chi connectivity index (χ1) is 6.72. The fourth-order valence-electron chi connectivity index (χ4n) is 1.41. The van der Waals surface area contributed by atoms with Crippen molar-refractivity contribution in [1.29, 1.82) is 0 Å². The highest BCUT2D eigenvalue weighted by atomic mass is 79.9. The highest BCUT2D eigenvalue weighted by Crippen LogP contribution is 2.38. The summed E-state index contributed by atoms with van der Waals surface area (Å²) in [7, 11) is 0. The molecular formula is C8H5BrFN3O. The molecule has 2 rings (SSSR count). The van der Waals surface area contributed by atoms with Crippen LogP contribution in [0.3, 0.4) is 0 Å². The smallest absolute Gasteiger partial charge is 0.131 e. The summed E-state index contributed by atoms with van der Waals surface area (Å²) in [5.41, 5.74) is 8.61. The van der Waals surface area contributed by atoms with Crippen LogP contribution < -0.4 is 4.74 Å². The minimum Gasteiger partial charge on any atom is -0.492 e. The van der Waals surface area contributed by atoms with Crippen LogP contribution in [0.2, 0.25) is 0 Å². The average Bonchev–Trinajstić information content (AvgIpc) is 2.49. The molecule has 0 saturated carbocycles. The second-order valence-electron chi connectivity index (χ2n) is 2.83. The summed E-state index contributed by atoms with van der Waals surface area (Å²) in [5.74, 6) is 0.0264. The fourth-order valence-corrected chi connectivity index (χ4v) is 1.82. The maximum atomic E-state index is 13.4. The highest BCUT2D eigenvalue weighted by Gasteiger charge is 2.27. The van der Waals surface area contributed by atoms with Gasteiger partial charge >= 0.3 is 0 Å². The second kappa shape index (κ2) is 3.48. The molecular weight excluding hydrogens is 253 g/mol. The number of rotatable bonds is 1. The number of benzene rings is 1. The van der Waals surface area contributed by atoms with Crippen LogP contribution in [0.25, 0.3) is 10.4 Å². The van der Waals surface area contributed by atoms with Gasteiger partial charge in [0.25, 0.3) is 0 Å². The van der Waals surface area contributed by atoms with Gasteiger partial charge < -0.3 is 4.74 Å². The number of hydrogen-bond acceptors (Lipinski definition) is 2. The first-order valence-corrected chi connectivity index (χ1v) is 4.67. The molecule has 0 saturated heterocycles. The van der Waals surface area contributed by atoms with Gasteiger partial charge in [-0.15, -0.1) is 0 Å². The summed E-state index contributed by atoms with van der Waals surface area (Å²) in [6.07, 6.45) is 0. The zero-order valence-electron chi connectivity index (χ0n) is 6.94. The molecule has 1 heterocycles. The van der Waals surface area contributed by atoms with Gasteiger partial charge in [-0.05, 0) is 17.7 Å². The van der Waals surface area contributed by atoms with Crippen LogP contribution in [0, 0.1) is 5.82 Å². The van der Waals surface area contributed by atoms with Gasteiger partial charge in [0.1, 0.15) is 24.2 Å². The van der Waals surface area contributed by atoms with Crippen LogP contribution in [0.1, 0.15) is 11.6 Å². The van der Waals surface area contributed by atoms with E-state index in [9.17, 15) is 4.39 Å². The van der Waals surface area contributed by atoms with Crippen LogP contribution in [0.5, 0.6) is 5.75 Å². The van der Waals surface area contributed by atoms with E-state index >= 15 is 0 Å². The Kier molecular flexibility index (Phi) is 2.31. The number of azide groups is 1. The molecule has 0 fully saturated rings. The van der Waals surface area contributed by atoms with Crippen molar-refractivity contribution in [1.82, 2.24) is 0 Å². The Bertz CT molecular complexity index is 431.